The van der Waals surface area contributed by atoms with Gasteiger partial charge in [0.15, 0.2) is 0 Å². The SMILES string of the molecule is CC(C)COc1ccccc1C1Nc2ccccc2C(=O)N1C. The van der Waals surface area contributed by atoms with Crippen LogP contribution in [0.3, 0.4) is 0 Å². The minimum atomic E-state index is -0.235. The third-order valence-corrected chi connectivity index (χ3v) is 3.94. The molecule has 0 saturated carbocycles. The maximum Gasteiger partial charge on any atom is 0.257 e. The highest BCUT2D eigenvalue weighted by atomic mass is 16.5. The van der Waals surface area contributed by atoms with Gasteiger partial charge >= 0.3 is 0 Å². The molecule has 1 N–H and O–H groups in total. The van der Waals surface area contributed by atoms with E-state index in [9.17, 15) is 4.79 Å². The van der Waals surface area contributed by atoms with Crippen LogP contribution in [0.5, 0.6) is 5.75 Å². The molecule has 0 aliphatic carbocycles. The molecule has 0 fully saturated rings. The molecule has 4 heteroatoms. The number of carbonyl (C=O) groups is 1. The maximum atomic E-state index is 12.6. The van der Waals surface area contributed by atoms with Gasteiger partial charge in [0, 0.05) is 18.3 Å². The fourth-order valence-electron chi connectivity index (χ4n) is 2.73. The van der Waals surface area contributed by atoms with E-state index >= 15 is 0 Å². The predicted octanol–water partition coefficient (Wildman–Crippen LogP) is 3.92. The topological polar surface area (TPSA) is 41.6 Å². The lowest BCUT2D eigenvalue weighted by Crippen LogP contribution is -2.40. The number of hydrogen-bond acceptors (Lipinski definition) is 3. The summed E-state index contributed by atoms with van der Waals surface area (Å²) in [4.78, 5) is 14.3. The van der Waals surface area contributed by atoms with Gasteiger partial charge in [0.05, 0.1) is 12.2 Å². The summed E-state index contributed by atoms with van der Waals surface area (Å²) in [6.07, 6.45) is -0.235. The minimum Gasteiger partial charge on any atom is -0.493 e. The second-order valence-corrected chi connectivity index (χ2v) is 6.25. The molecule has 23 heavy (non-hydrogen) atoms. The Morgan fingerprint density at radius 3 is 2.61 bits per heavy atom. The first kappa shape index (κ1) is 15.4. The molecule has 2 aromatic rings. The minimum absolute atomic E-state index is 0.0167. The van der Waals surface area contributed by atoms with E-state index in [4.69, 9.17) is 4.74 Å². The number of rotatable bonds is 4. The molecular formula is C19H22N2O2. The zero-order valence-electron chi connectivity index (χ0n) is 13.7. The van der Waals surface area contributed by atoms with E-state index in [2.05, 4.69) is 19.2 Å². The molecule has 0 aromatic heterocycles. The molecule has 1 aliphatic rings. The highest BCUT2D eigenvalue weighted by molar-refractivity contribution is 6.01. The fourth-order valence-corrected chi connectivity index (χ4v) is 2.73. The van der Waals surface area contributed by atoms with Gasteiger partial charge in [-0.3, -0.25) is 4.79 Å². The van der Waals surface area contributed by atoms with Gasteiger partial charge in [-0.25, -0.2) is 0 Å². The number of benzene rings is 2. The summed E-state index contributed by atoms with van der Waals surface area (Å²) in [6, 6.07) is 15.5. The molecule has 1 heterocycles. The average molecular weight is 310 g/mol. The second-order valence-electron chi connectivity index (χ2n) is 6.25. The number of amides is 1. The zero-order valence-corrected chi connectivity index (χ0v) is 13.7. The molecule has 120 valence electrons. The van der Waals surface area contributed by atoms with Crippen LogP contribution in [-0.2, 0) is 0 Å². The average Bonchev–Trinajstić information content (AvgIpc) is 2.56. The lowest BCUT2D eigenvalue weighted by molar-refractivity contribution is 0.0733. The Labute approximate surface area is 137 Å². The molecule has 1 atom stereocenters. The van der Waals surface area contributed by atoms with Crippen molar-refractivity contribution in [3.63, 3.8) is 0 Å². The smallest absolute Gasteiger partial charge is 0.257 e. The van der Waals surface area contributed by atoms with Crippen LogP contribution in [0.2, 0.25) is 0 Å². The van der Waals surface area contributed by atoms with Crippen LogP contribution < -0.4 is 10.1 Å². The van der Waals surface area contributed by atoms with E-state index in [0.29, 0.717) is 18.1 Å². The normalized spacial score (nSPS) is 17.0. The molecule has 2 aromatic carbocycles. The van der Waals surface area contributed by atoms with Gasteiger partial charge < -0.3 is 15.0 Å². The Morgan fingerprint density at radius 2 is 1.83 bits per heavy atom. The van der Waals surface area contributed by atoms with Crippen molar-refractivity contribution in [2.75, 3.05) is 19.0 Å². The zero-order chi connectivity index (χ0) is 16.4. The van der Waals surface area contributed by atoms with Gasteiger partial charge in [-0.05, 0) is 24.1 Å². The third kappa shape index (κ3) is 3.02. The summed E-state index contributed by atoms with van der Waals surface area (Å²) in [5, 5.41) is 3.45. The molecule has 1 unspecified atom stereocenters. The molecule has 4 nitrogen and oxygen atoms in total. The van der Waals surface area contributed by atoms with Crippen LogP contribution in [0.1, 0.15) is 35.9 Å². The van der Waals surface area contributed by atoms with Crippen LogP contribution in [0, 0.1) is 5.92 Å². The van der Waals surface area contributed by atoms with Crippen molar-refractivity contribution < 1.29 is 9.53 Å². The van der Waals surface area contributed by atoms with Gasteiger partial charge in [0.1, 0.15) is 11.9 Å². The number of para-hydroxylation sites is 2. The first-order valence-electron chi connectivity index (χ1n) is 7.92. The Balaban J connectivity index is 1.95. The van der Waals surface area contributed by atoms with Crippen molar-refractivity contribution >= 4 is 11.6 Å². The monoisotopic (exact) mass is 310 g/mol. The van der Waals surface area contributed by atoms with Gasteiger partial charge in [-0.1, -0.05) is 44.2 Å². The lowest BCUT2D eigenvalue weighted by Gasteiger charge is -2.36. The Bertz CT molecular complexity index is 712. The summed E-state index contributed by atoms with van der Waals surface area (Å²) in [6.45, 7) is 4.89. The van der Waals surface area contributed by atoms with Crippen molar-refractivity contribution in [2.24, 2.45) is 5.92 Å². The van der Waals surface area contributed by atoms with Gasteiger partial charge in [0.2, 0.25) is 0 Å². The van der Waals surface area contributed by atoms with Crippen LogP contribution in [-0.4, -0.2) is 24.5 Å². The first-order valence-corrected chi connectivity index (χ1v) is 7.92. The van der Waals surface area contributed by atoms with Crippen LogP contribution >= 0.6 is 0 Å². The van der Waals surface area contributed by atoms with E-state index in [1.165, 1.54) is 0 Å². The third-order valence-electron chi connectivity index (χ3n) is 3.94. The van der Waals surface area contributed by atoms with Crippen LogP contribution in [0.15, 0.2) is 48.5 Å². The summed E-state index contributed by atoms with van der Waals surface area (Å²) < 4.78 is 5.95. The van der Waals surface area contributed by atoms with Gasteiger partial charge in [-0.2, -0.15) is 0 Å². The summed E-state index contributed by atoms with van der Waals surface area (Å²) in [7, 11) is 1.81. The molecule has 1 aliphatic heterocycles. The summed E-state index contributed by atoms with van der Waals surface area (Å²) >= 11 is 0. The Morgan fingerprint density at radius 1 is 1.13 bits per heavy atom. The standard InChI is InChI=1S/C19H22N2O2/c1-13(2)12-23-17-11-7-5-9-15(17)18-20-16-10-6-4-8-14(16)19(22)21(18)3/h4-11,13,18,20H,12H2,1-3H3. The molecular weight excluding hydrogens is 288 g/mol. The summed E-state index contributed by atoms with van der Waals surface area (Å²) in [5.74, 6) is 1.28. The second kappa shape index (κ2) is 6.32. The Hall–Kier alpha value is -2.49. The fraction of sp³-hybridized carbons (Fsp3) is 0.316. The number of carbonyl (C=O) groups excluding carboxylic acids is 1. The molecule has 0 spiro atoms. The van der Waals surface area contributed by atoms with Gasteiger partial charge in [0.25, 0.3) is 5.91 Å². The van der Waals surface area contributed by atoms with Gasteiger partial charge in [-0.15, -0.1) is 0 Å². The predicted molar refractivity (Wildman–Crippen MR) is 91.7 cm³/mol. The van der Waals surface area contributed by atoms with Crippen LogP contribution in [0.4, 0.5) is 5.69 Å². The number of nitrogens with zero attached hydrogens (tertiary/aromatic N) is 1. The van der Waals surface area contributed by atoms with Crippen molar-refractivity contribution in [2.45, 2.75) is 20.0 Å². The number of ether oxygens (including phenoxy) is 1. The van der Waals surface area contributed by atoms with E-state index in [1.54, 1.807) is 4.90 Å². The summed E-state index contributed by atoms with van der Waals surface area (Å²) in [5.41, 5.74) is 2.53. The first-order chi connectivity index (χ1) is 11.1. The number of nitrogens with one attached hydrogen (secondary N) is 1. The molecule has 1 amide bonds. The molecule has 0 radical (unpaired) electrons. The Kier molecular flexibility index (Phi) is 4.24. The number of hydrogen-bond donors (Lipinski definition) is 1. The molecule has 3 rings (SSSR count). The molecule has 0 saturated heterocycles. The van der Waals surface area contributed by atoms with Crippen molar-refractivity contribution in [3.8, 4) is 5.75 Å². The largest absolute Gasteiger partial charge is 0.493 e. The lowest BCUT2D eigenvalue weighted by atomic mass is 10.0. The molecule has 0 bridgehead atoms. The van der Waals surface area contributed by atoms with E-state index in [1.807, 2.05) is 55.6 Å². The highest BCUT2D eigenvalue weighted by Gasteiger charge is 2.31. The van der Waals surface area contributed by atoms with Crippen molar-refractivity contribution in [1.82, 2.24) is 4.90 Å². The van der Waals surface area contributed by atoms with Crippen molar-refractivity contribution in [1.29, 1.82) is 0 Å². The number of anilines is 1. The van der Waals surface area contributed by atoms with E-state index < -0.39 is 0 Å². The quantitative estimate of drug-likeness (QED) is 0.930. The van der Waals surface area contributed by atoms with E-state index in [-0.39, 0.29) is 12.1 Å². The highest BCUT2D eigenvalue weighted by Crippen LogP contribution is 2.35. The van der Waals surface area contributed by atoms with Crippen LogP contribution in [0.25, 0.3) is 0 Å². The van der Waals surface area contributed by atoms with E-state index in [0.717, 1.165) is 17.0 Å². The van der Waals surface area contributed by atoms with Crippen molar-refractivity contribution in [3.05, 3.63) is 59.7 Å². The number of fused-ring (bicyclic) bond motifs is 1. The maximum absolute atomic E-state index is 12.6.